The molecule has 2 rings (SSSR count). The molecule has 1 unspecified atom stereocenters. The van der Waals surface area contributed by atoms with Gasteiger partial charge in [-0.05, 0) is 26.0 Å². The number of rotatable bonds is 7. The average Bonchev–Trinajstić information content (AvgIpc) is 3.12. The number of aryl methyl sites for hydroxylation is 1. The van der Waals surface area contributed by atoms with Crippen LogP contribution < -0.4 is 16.0 Å². The number of aromatic nitrogens is 2. The van der Waals surface area contributed by atoms with Gasteiger partial charge in [0, 0.05) is 25.4 Å². The van der Waals surface area contributed by atoms with Crippen LogP contribution >= 0.6 is 24.0 Å². The smallest absolute Gasteiger partial charge is 0.246 e. The Morgan fingerprint density at radius 2 is 1.97 bits per heavy atom. The van der Waals surface area contributed by atoms with Crippen LogP contribution in [-0.2, 0) is 17.4 Å². The van der Waals surface area contributed by atoms with E-state index in [0.717, 1.165) is 6.07 Å². The molecule has 1 amide bonds. The number of hydrogen-bond acceptors (Lipinski definition) is 4. The van der Waals surface area contributed by atoms with Crippen LogP contribution in [0.3, 0.4) is 0 Å². The fourth-order valence-electron chi connectivity index (χ4n) is 2.36. The van der Waals surface area contributed by atoms with Crippen molar-refractivity contribution in [3.05, 3.63) is 47.5 Å². The van der Waals surface area contributed by atoms with Gasteiger partial charge in [-0.1, -0.05) is 0 Å². The summed E-state index contributed by atoms with van der Waals surface area (Å²) in [4.78, 5) is 16.0. The van der Waals surface area contributed by atoms with E-state index in [1.807, 2.05) is 6.92 Å². The summed E-state index contributed by atoms with van der Waals surface area (Å²) in [7, 11) is 1.73. The largest absolute Gasteiger partial charge is 0.383 e. The third kappa shape index (κ3) is 6.86. The average molecular weight is 540 g/mol. The molecule has 0 fully saturated rings. The second-order valence-electron chi connectivity index (χ2n) is 6.50. The first kappa shape index (κ1) is 25.7. The molecule has 166 valence electrons. The van der Waals surface area contributed by atoms with Crippen LogP contribution in [0.4, 0.5) is 18.9 Å². The fourth-order valence-corrected chi connectivity index (χ4v) is 2.36. The lowest BCUT2D eigenvalue weighted by atomic mass is 10.00. The predicted molar refractivity (Wildman–Crippen MR) is 117 cm³/mol. The molecule has 2 aromatic rings. The predicted octanol–water partition coefficient (Wildman–Crippen LogP) is 1.86. The topological polar surface area (TPSA) is 104 Å². The highest BCUT2D eigenvalue weighted by Gasteiger charge is 2.25. The van der Waals surface area contributed by atoms with Crippen molar-refractivity contribution in [1.82, 2.24) is 20.4 Å². The molecule has 0 radical (unpaired) electrons. The van der Waals surface area contributed by atoms with Gasteiger partial charge in [0.2, 0.25) is 5.91 Å². The molecule has 0 aliphatic carbocycles. The Hall–Kier alpha value is -2.35. The molecule has 8 nitrogen and oxygen atoms in total. The number of carbonyl (C=O) groups excluding carboxylic acids is 1. The molecule has 1 heterocycles. The Kier molecular flexibility index (Phi) is 9.55. The Morgan fingerprint density at radius 1 is 1.27 bits per heavy atom. The molecule has 30 heavy (non-hydrogen) atoms. The first-order valence-electron chi connectivity index (χ1n) is 8.81. The number of carbonyl (C=O) groups is 1. The van der Waals surface area contributed by atoms with Gasteiger partial charge in [0.05, 0.1) is 18.4 Å². The Bertz CT molecular complexity index is 904. The van der Waals surface area contributed by atoms with Crippen LogP contribution in [0, 0.1) is 17.5 Å². The van der Waals surface area contributed by atoms with Gasteiger partial charge in [-0.25, -0.2) is 18.2 Å². The van der Waals surface area contributed by atoms with Gasteiger partial charge in [0.25, 0.3) is 0 Å². The van der Waals surface area contributed by atoms with Crippen LogP contribution in [0.1, 0.15) is 19.4 Å². The van der Waals surface area contributed by atoms with Gasteiger partial charge in [-0.2, -0.15) is 5.10 Å². The van der Waals surface area contributed by atoms with Crippen molar-refractivity contribution < 1.29 is 23.1 Å². The van der Waals surface area contributed by atoms with Crippen LogP contribution in [0.5, 0.6) is 0 Å². The van der Waals surface area contributed by atoms with E-state index in [4.69, 9.17) is 0 Å². The van der Waals surface area contributed by atoms with Crippen molar-refractivity contribution in [3.8, 4) is 0 Å². The summed E-state index contributed by atoms with van der Waals surface area (Å²) in [6, 6.07) is 1.63. The minimum atomic E-state index is -1.67. The second-order valence-corrected chi connectivity index (χ2v) is 6.50. The van der Waals surface area contributed by atoms with Gasteiger partial charge >= 0.3 is 0 Å². The van der Waals surface area contributed by atoms with Crippen molar-refractivity contribution in [2.45, 2.75) is 19.4 Å². The van der Waals surface area contributed by atoms with Crippen molar-refractivity contribution >= 4 is 41.5 Å². The van der Waals surface area contributed by atoms with E-state index in [1.165, 1.54) is 6.20 Å². The minimum Gasteiger partial charge on any atom is -0.383 e. The third-order valence-electron chi connectivity index (χ3n) is 3.96. The molecule has 1 aromatic heterocycles. The molecule has 4 N–H and O–H groups in total. The molecule has 0 saturated heterocycles. The number of guanidine groups is 1. The monoisotopic (exact) mass is 540 g/mol. The lowest BCUT2D eigenvalue weighted by molar-refractivity contribution is -0.114. The van der Waals surface area contributed by atoms with E-state index in [1.54, 1.807) is 24.9 Å². The fraction of sp³-hybridized carbons (Fsp3) is 0.389. The van der Waals surface area contributed by atoms with Crippen molar-refractivity contribution in [2.24, 2.45) is 12.0 Å². The van der Waals surface area contributed by atoms with Gasteiger partial charge in [0.1, 0.15) is 12.1 Å². The summed E-state index contributed by atoms with van der Waals surface area (Å²) in [6.07, 6.45) is 3.21. The highest BCUT2D eigenvalue weighted by atomic mass is 127. The van der Waals surface area contributed by atoms with Crippen LogP contribution in [0.25, 0.3) is 0 Å². The molecule has 0 spiro atoms. The Balaban J connectivity index is 0.00000450. The molecular formula is C18H24F3IN6O2. The number of aliphatic imine (C=N–C) groups is 1. The lowest BCUT2D eigenvalue weighted by Crippen LogP contribution is -2.44. The molecule has 1 aromatic carbocycles. The molecule has 0 bridgehead atoms. The normalized spacial score (nSPS) is 13.2. The summed E-state index contributed by atoms with van der Waals surface area (Å²) in [5.41, 5.74) is -1.14. The maximum absolute atomic E-state index is 13.6. The maximum atomic E-state index is 13.6. The number of nitrogens with zero attached hydrogens (tertiary/aromatic N) is 3. The zero-order valence-electron chi connectivity index (χ0n) is 16.7. The summed E-state index contributed by atoms with van der Waals surface area (Å²) in [5, 5.41) is 22.5. The standard InChI is InChI=1S/C18H23F3N6O2.HI/c1-4-22-17(24-10-18(2,29)11-7-25-27(3)9-11)23-8-14(28)26-13-6-5-12(19)15(20)16(13)21;/h5-7,9,29H,4,8,10H2,1-3H3,(H,26,28)(H2,22,23,24);1H. The van der Waals surface area contributed by atoms with Crippen LogP contribution in [-0.4, -0.2) is 46.4 Å². The van der Waals surface area contributed by atoms with E-state index in [2.05, 4.69) is 26.0 Å². The minimum absolute atomic E-state index is 0. The summed E-state index contributed by atoms with van der Waals surface area (Å²) in [6.45, 7) is 3.55. The van der Waals surface area contributed by atoms with E-state index in [-0.39, 0.29) is 36.5 Å². The zero-order chi connectivity index (χ0) is 21.6. The van der Waals surface area contributed by atoms with E-state index in [9.17, 15) is 23.1 Å². The number of aliphatic hydroxyl groups is 1. The Morgan fingerprint density at radius 3 is 2.57 bits per heavy atom. The van der Waals surface area contributed by atoms with E-state index in [0.29, 0.717) is 18.2 Å². The van der Waals surface area contributed by atoms with Crippen molar-refractivity contribution in [2.75, 3.05) is 25.0 Å². The van der Waals surface area contributed by atoms with Crippen LogP contribution in [0.2, 0.25) is 0 Å². The first-order chi connectivity index (χ1) is 13.6. The molecule has 0 aliphatic heterocycles. The first-order valence-corrected chi connectivity index (χ1v) is 8.81. The second kappa shape index (κ2) is 11.2. The summed E-state index contributed by atoms with van der Waals surface area (Å²) in [5.74, 6) is -5.00. The number of nitrogens with one attached hydrogen (secondary N) is 3. The number of anilines is 1. The lowest BCUT2D eigenvalue weighted by Gasteiger charge is -2.23. The number of benzene rings is 1. The van der Waals surface area contributed by atoms with Gasteiger partial charge in [-0.15, -0.1) is 24.0 Å². The quantitative estimate of drug-likeness (QED) is 0.186. The van der Waals surface area contributed by atoms with Gasteiger partial charge in [0.15, 0.2) is 23.4 Å². The highest BCUT2D eigenvalue weighted by molar-refractivity contribution is 14.0. The van der Waals surface area contributed by atoms with Gasteiger partial charge in [-0.3, -0.25) is 9.48 Å². The molecule has 1 atom stereocenters. The maximum Gasteiger partial charge on any atom is 0.246 e. The zero-order valence-corrected chi connectivity index (χ0v) is 19.0. The molecule has 0 aliphatic rings. The van der Waals surface area contributed by atoms with Crippen molar-refractivity contribution in [3.63, 3.8) is 0 Å². The van der Waals surface area contributed by atoms with Crippen molar-refractivity contribution in [1.29, 1.82) is 0 Å². The molecule has 0 saturated carbocycles. The number of amides is 1. The highest BCUT2D eigenvalue weighted by Crippen LogP contribution is 2.20. The van der Waals surface area contributed by atoms with E-state index >= 15 is 0 Å². The number of halogens is 4. The van der Waals surface area contributed by atoms with Crippen LogP contribution in [0.15, 0.2) is 29.5 Å². The van der Waals surface area contributed by atoms with E-state index < -0.39 is 41.2 Å². The number of hydrogen-bond donors (Lipinski definition) is 4. The molecule has 12 heteroatoms. The van der Waals surface area contributed by atoms with Gasteiger partial charge < -0.3 is 21.1 Å². The molecular weight excluding hydrogens is 516 g/mol. The Labute approximate surface area is 189 Å². The third-order valence-corrected chi connectivity index (χ3v) is 3.96. The SMILES string of the molecule is CCNC(=NCC(=O)Nc1ccc(F)c(F)c1F)NCC(C)(O)c1cnn(C)c1.I. The summed E-state index contributed by atoms with van der Waals surface area (Å²) < 4.78 is 41.4. The summed E-state index contributed by atoms with van der Waals surface area (Å²) >= 11 is 0.